The van der Waals surface area contributed by atoms with E-state index in [1.807, 2.05) is 49.4 Å². The van der Waals surface area contributed by atoms with Crippen molar-refractivity contribution in [2.75, 3.05) is 0 Å². The van der Waals surface area contributed by atoms with Gasteiger partial charge in [-0.05, 0) is 111 Å². The molecule has 0 amide bonds. The first kappa shape index (κ1) is 24.1. The average molecular weight is 596 g/mol. The molecule has 0 N–H and O–H groups in total. The Morgan fingerprint density at radius 1 is 1.06 bits per heavy atom. The lowest BCUT2D eigenvalue weighted by molar-refractivity contribution is 0.294. The maximum atomic E-state index is 6.35. The fourth-order valence-corrected chi connectivity index (χ4v) is 5.78. The number of hydrogen-bond acceptors (Lipinski definition) is 4. The van der Waals surface area contributed by atoms with Gasteiger partial charge in [0.2, 0.25) is 5.89 Å². The lowest BCUT2D eigenvalue weighted by Gasteiger charge is -2.17. The Labute approximate surface area is 222 Å². The van der Waals surface area contributed by atoms with Gasteiger partial charge >= 0.3 is 0 Å². The molecule has 1 radical (unpaired) electrons. The molecule has 0 spiro atoms. The third-order valence-electron chi connectivity index (χ3n) is 6.17. The lowest BCUT2D eigenvalue weighted by Crippen LogP contribution is -2.02. The van der Waals surface area contributed by atoms with E-state index in [-0.39, 0.29) is 5.92 Å². The SMILES string of the molecule is Cc1oc(-c2ccccc2)nc1COc1ccc(Oc2c(Br)cc3c(c2Br)CC[CH]3)cc1C(C)C. The monoisotopic (exact) mass is 594 g/mol. The molecule has 1 aromatic heterocycles. The topological polar surface area (TPSA) is 44.5 Å². The second-order valence-electron chi connectivity index (χ2n) is 8.95. The van der Waals surface area contributed by atoms with Crippen LogP contribution in [0.4, 0.5) is 0 Å². The van der Waals surface area contributed by atoms with Crippen molar-refractivity contribution in [3.05, 3.63) is 98.1 Å². The van der Waals surface area contributed by atoms with Crippen LogP contribution in [-0.4, -0.2) is 4.98 Å². The van der Waals surface area contributed by atoms with Gasteiger partial charge in [-0.15, -0.1) is 0 Å². The quantitative estimate of drug-likeness (QED) is 0.214. The summed E-state index contributed by atoms with van der Waals surface area (Å²) in [7, 11) is 0. The molecule has 0 aliphatic heterocycles. The minimum atomic E-state index is 0.258. The van der Waals surface area contributed by atoms with Gasteiger partial charge in [0.15, 0.2) is 5.75 Å². The van der Waals surface area contributed by atoms with Crippen molar-refractivity contribution in [3.63, 3.8) is 0 Å². The number of halogens is 2. The van der Waals surface area contributed by atoms with E-state index in [9.17, 15) is 0 Å². The van der Waals surface area contributed by atoms with Crippen LogP contribution in [0.5, 0.6) is 17.2 Å². The molecule has 0 bridgehead atoms. The first-order chi connectivity index (χ1) is 16.9. The van der Waals surface area contributed by atoms with Crippen molar-refractivity contribution in [2.45, 2.75) is 46.1 Å². The predicted octanol–water partition coefficient (Wildman–Crippen LogP) is 9.17. The van der Waals surface area contributed by atoms with Crippen LogP contribution < -0.4 is 9.47 Å². The van der Waals surface area contributed by atoms with E-state index >= 15 is 0 Å². The van der Waals surface area contributed by atoms with Gasteiger partial charge in [0, 0.05) is 11.1 Å². The molecule has 35 heavy (non-hydrogen) atoms. The summed E-state index contributed by atoms with van der Waals surface area (Å²) in [6.07, 6.45) is 4.35. The van der Waals surface area contributed by atoms with Crippen LogP contribution in [0.15, 0.2) is 68.0 Å². The fourth-order valence-electron chi connectivity index (χ4n) is 4.26. The normalized spacial score (nSPS) is 12.7. The zero-order valence-corrected chi connectivity index (χ0v) is 23.1. The van der Waals surface area contributed by atoms with Crippen molar-refractivity contribution in [2.24, 2.45) is 0 Å². The third-order valence-corrected chi connectivity index (χ3v) is 7.60. The van der Waals surface area contributed by atoms with E-state index in [2.05, 4.69) is 69.2 Å². The minimum Gasteiger partial charge on any atom is -0.487 e. The molecule has 0 saturated heterocycles. The first-order valence-electron chi connectivity index (χ1n) is 11.7. The Morgan fingerprint density at radius 2 is 1.86 bits per heavy atom. The Bertz CT molecular complexity index is 1360. The van der Waals surface area contributed by atoms with E-state index in [1.165, 1.54) is 11.1 Å². The molecule has 0 unspecified atom stereocenters. The Morgan fingerprint density at radius 3 is 2.63 bits per heavy atom. The van der Waals surface area contributed by atoms with Gasteiger partial charge in [-0.2, -0.15) is 0 Å². The van der Waals surface area contributed by atoms with E-state index in [0.717, 1.165) is 61.6 Å². The van der Waals surface area contributed by atoms with Gasteiger partial charge in [-0.3, -0.25) is 0 Å². The Balaban J connectivity index is 1.36. The summed E-state index contributed by atoms with van der Waals surface area (Å²) in [5, 5.41) is 0. The number of hydrogen-bond donors (Lipinski definition) is 0. The highest BCUT2D eigenvalue weighted by molar-refractivity contribution is 9.11. The fraction of sp³-hybridized carbons (Fsp3) is 0.241. The van der Waals surface area contributed by atoms with Crippen LogP contribution in [0, 0.1) is 13.3 Å². The van der Waals surface area contributed by atoms with Crippen molar-refractivity contribution >= 4 is 31.9 Å². The zero-order chi connectivity index (χ0) is 24.5. The zero-order valence-electron chi connectivity index (χ0n) is 19.9. The molecule has 6 heteroatoms. The average Bonchev–Trinajstić information content (AvgIpc) is 3.47. The summed E-state index contributed by atoms with van der Waals surface area (Å²) < 4.78 is 20.4. The number of oxazole rings is 1. The van der Waals surface area contributed by atoms with Crippen molar-refractivity contribution in [3.8, 4) is 28.7 Å². The molecule has 4 nitrogen and oxygen atoms in total. The van der Waals surface area contributed by atoms with Crippen LogP contribution in [0.3, 0.4) is 0 Å². The second kappa shape index (κ2) is 10.2. The maximum absolute atomic E-state index is 6.35. The summed E-state index contributed by atoms with van der Waals surface area (Å²) in [6, 6.07) is 18.0. The molecule has 1 aliphatic carbocycles. The van der Waals surface area contributed by atoms with Crippen molar-refractivity contribution in [1.82, 2.24) is 4.98 Å². The molecule has 3 aromatic carbocycles. The minimum absolute atomic E-state index is 0.258. The molecular weight excluding hydrogens is 570 g/mol. The van der Waals surface area contributed by atoms with Crippen LogP contribution in [-0.2, 0) is 13.0 Å². The van der Waals surface area contributed by atoms with Gasteiger partial charge in [0.25, 0.3) is 0 Å². The second-order valence-corrected chi connectivity index (χ2v) is 10.6. The van der Waals surface area contributed by atoms with Crippen LogP contribution >= 0.6 is 31.9 Å². The molecular formula is C29H26Br2NO3. The van der Waals surface area contributed by atoms with Crippen LogP contribution in [0.2, 0.25) is 0 Å². The molecule has 0 saturated carbocycles. The number of aryl methyl sites for hydroxylation is 1. The van der Waals surface area contributed by atoms with Crippen molar-refractivity contribution in [1.29, 1.82) is 0 Å². The number of ether oxygens (including phenoxy) is 2. The van der Waals surface area contributed by atoms with Gasteiger partial charge in [0.05, 0.1) is 8.95 Å². The predicted molar refractivity (Wildman–Crippen MR) is 145 cm³/mol. The molecule has 0 atom stereocenters. The Kier molecular flexibility index (Phi) is 7.03. The van der Waals surface area contributed by atoms with Crippen LogP contribution in [0.1, 0.15) is 54.3 Å². The standard InChI is InChI=1S/C29H26Br2NO3/c1-17(2)23-15-21(35-28-24(30)14-20-10-7-11-22(20)27(28)31)12-13-26(23)33-16-25-18(3)34-29(32-25)19-8-5-4-6-9-19/h4-6,8-10,12-15,17H,7,11,16H2,1-3H3. The van der Waals surface area contributed by atoms with E-state index in [4.69, 9.17) is 13.9 Å². The molecule has 5 rings (SSSR count). The lowest BCUT2D eigenvalue weighted by atomic mass is 10.0. The summed E-state index contributed by atoms with van der Waals surface area (Å²) in [5.74, 6) is 4.02. The number of aromatic nitrogens is 1. The van der Waals surface area contributed by atoms with Gasteiger partial charge in [-0.1, -0.05) is 32.0 Å². The highest BCUT2D eigenvalue weighted by Crippen LogP contribution is 2.44. The molecule has 179 valence electrons. The van der Waals surface area contributed by atoms with Crippen molar-refractivity contribution < 1.29 is 13.9 Å². The first-order valence-corrected chi connectivity index (χ1v) is 13.3. The molecule has 0 fully saturated rings. The Hall–Kier alpha value is -2.57. The van der Waals surface area contributed by atoms with E-state index < -0.39 is 0 Å². The van der Waals surface area contributed by atoms with Gasteiger partial charge in [0.1, 0.15) is 29.6 Å². The molecule has 1 heterocycles. The van der Waals surface area contributed by atoms with Crippen LogP contribution in [0.25, 0.3) is 11.5 Å². The third kappa shape index (κ3) is 5.05. The number of benzene rings is 3. The smallest absolute Gasteiger partial charge is 0.226 e. The number of rotatable bonds is 7. The number of nitrogens with zero attached hydrogens (tertiary/aromatic N) is 1. The van der Waals surface area contributed by atoms with E-state index in [0.29, 0.717) is 12.5 Å². The highest BCUT2D eigenvalue weighted by Gasteiger charge is 2.21. The van der Waals surface area contributed by atoms with Gasteiger partial charge < -0.3 is 13.9 Å². The van der Waals surface area contributed by atoms with E-state index in [1.54, 1.807) is 0 Å². The molecule has 1 aliphatic rings. The summed E-state index contributed by atoms with van der Waals surface area (Å²) in [6.45, 7) is 6.55. The maximum Gasteiger partial charge on any atom is 0.226 e. The summed E-state index contributed by atoms with van der Waals surface area (Å²) in [4.78, 5) is 4.66. The van der Waals surface area contributed by atoms with Gasteiger partial charge in [-0.25, -0.2) is 4.98 Å². The largest absolute Gasteiger partial charge is 0.487 e. The summed E-state index contributed by atoms with van der Waals surface area (Å²) in [5.41, 5.74) is 5.38. The molecule has 4 aromatic rings. The summed E-state index contributed by atoms with van der Waals surface area (Å²) >= 11 is 7.44. The highest BCUT2D eigenvalue weighted by atomic mass is 79.9. The number of fused-ring (bicyclic) bond motifs is 1.